The summed E-state index contributed by atoms with van der Waals surface area (Å²) in [5.74, 6) is 0.694. The van der Waals surface area contributed by atoms with Crippen molar-refractivity contribution in [1.29, 1.82) is 0 Å². The van der Waals surface area contributed by atoms with Gasteiger partial charge in [0.2, 0.25) is 0 Å². The zero-order valence-corrected chi connectivity index (χ0v) is 7.78. The fraction of sp³-hybridized carbons (Fsp3) is 1.00. The van der Waals surface area contributed by atoms with Crippen molar-refractivity contribution in [3.8, 4) is 0 Å². The minimum atomic E-state index is 0.476. The summed E-state index contributed by atoms with van der Waals surface area (Å²) in [4.78, 5) is 0. The Kier molecular flexibility index (Phi) is 3.95. The van der Waals surface area contributed by atoms with Crippen molar-refractivity contribution < 1.29 is 0 Å². The van der Waals surface area contributed by atoms with Gasteiger partial charge in [0.05, 0.1) is 0 Å². The molecule has 0 aromatic rings. The Morgan fingerprint density at radius 2 is 1.80 bits per heavy atom. The van der Waals surface area contributed by atoms with Gasteiger partial charge in [0, 0.05) is 0 Å². The van der Waals surface area contributed by atoms with E-state index in [1.807, 2.05) is 0 Å². The van der Waals surface area contributed by atoms with Crippen LogP contribution in [0.25, 0.3) is 0 Å². The topological polar surface area (TPSA) is 26.0 Å². The van der Waals surface area contributed by atoms with Crippen LogP contribution in [0.1, 0.15) is 40.5 Å². The van der Waals surface area contributed by atoms with Crippen molar-refractivity contribution in [2.24, 2.45) is 17.1 Å². The molecular formula is C9H21N. The molecule has 0 aromatic carbocycles. The molecule has 0 spiro atoms. The standard InChI is InChI=1S/C9H21N/c1-8(7-10)5-6-9(2,3)4/h8H,5-7,10H2,1-4H3/t8-/m1/s1. The molecule has 0 rings (SSSR count). The predicted octanol–water partition coefficient (Wildman–Crippen LogP) is 2.41. The molecular weight excluding hydrogens is 122 g/mol. The van der Waals surface area contributed by atoms with Gasteiger partial charge in [-0.15, -0.1) is 0 Å². The van der Waals surface area contributed by atoms with Crippen LogP contribution in [0, 0.1) is 11.3 Å². The van der Waals surface area contributed by atoms with E-state index in [0.717, 1.165) is 6.54 Å². The van der Waals surface area contributed by atoms with Crippen molar-refractivity contribution in [2.75, 3.05) is 6.54 Å². The molecule has 1 atom stereocenters. The van der Waals surface area contributed by atoms with Crippen LogP contribution in [0.15, 0.2) is 0 Å². The first-order valence-electron chi connectivity index (χ1n) is 4.16. The van der Waals surface area contributed by atoms with Gasteiger partial charge in [-0.25, -0.2) is 0 Å². The minimum Gasteiger partial charge on any atom is -0.330 e. The number of hydrogen-bond donors (Lipinski definition) is 1. The lowest BCUT2D eigenvalue weighted by atomic mass is 9.87. The van der Waals surface area contributed by atoms with E-state index in [0.29, 0.717) is 11.3 Å². The Morgan fingerprint density at radius 3 is 2.10 bits per heavy atom. The Balaban J connectivity index is 3.36. The van der Waals surface area contributed by atoms with Crippen LogP contribution in [0.3, 0.4) is 0 Å². The summed E-state index contributed by atoms with van der Waals surface area (Å²) in [6.07, 6.45) is 2.55. The Hall–Kier alpha value is -0.0400. The van der Waals surface area contributed by atoms with Crippen molar-refractivity contribution in [3.05, 3.63) is 0 Å². The van der Waals surface area contributed by atoms with E-state index in [-0.39, 0.29) is 0 Å². The predicted molar refractivity (Wildman–Crippen MR) is 46.9 cm³/mol. The van der Waals surface area contributed by atoms with Gasteiger partial charge in [-0.05, 0) is 30.7 Å². The molecule has 0 unspecified atom stereocenters. The van der Waals surface area contributed by atoms with E-state index >= 15 is 0 Å². The molecule has 0 saturated heterocycles. The molecule has 0 fully saturated rings. The Bertz CT molecular complexity index is 81.2. The maximum absolute atomic E-state index is 5.50. The maximum atomic E-state index is 5.50. The van der Waals surface area contributed by atoms with Crippen LogP contribution in [-0.4, -0.2) is 6.54 Å². The molecule has 0 aliphatic heterocycles. The Morgan fingerprint density at radius 1 is 1.30 bits per heavy atom. The van der Waals surface area contributed by atoms with Gasteiger partial charge in [-0.2, -0.15) is 0 Å². The van der Waals surface area contributed by atoms with Gasteiger partial charge in [0.1, 0.15) is 0 Å². The van der Waals surface area contributed by atoms with Gasteiger partial charge >= 0.3 is 0 Å². The molecule has 62 valence electrons. The highest BCUT2D eigenvalue weighted by molar-refractivity contribution is 4.64. The summed E-state index contributed by atoms with van der Waals surface area (Å²) >= 11 is 0. The van der Waals surface area contributed by atoms with E-state index < -0.39 is 0 Å². The third-order valence-electron chi connectivity index (χ3n) is 1.79. The van der Waals surface area contributed by atoms with Gasteiger partial charge in [-0.3, -0.25) is 0 Å². The van der Waals surface area contributed by atoms with Crippen molar-refractivity contribution in [3.63, 3.8) is 0 Å². The summed E-state index contributed by atoms with van der Waals surface area (Å²) in [6, 6.07) is 0. The summed E-state index contributed by atoms with van der Waals surface area (Å²) in [5.41, 5.74) is 5.98. The van der Waals surface area contributed by atoms with E-state index in [1.165, 1.54) is 12.8 Å². The molecule has 0 aromatic heterocycles. The summed E-state index contributed by atoms with van der Waals surface area (Å²) in [7, 11) is 0. The molecule has 0 heterocycles. The molecule has 1 heteroatoms. The smallest absolute Gasteiger partial charge is 0.00515 e. The maximum Gasteiger partial charge on any atom is -0.00515 e. The third-order valence-corrected chi connectivity index (χ3v) is 1.79. The summed E-state index contributed by atoms with van der Waals surface area (Å²) in [6.45, 7) is 9.87. The highest BCUT2D eigenvalue weighted by atomic mass is 14.5. The van der Waals surface area contributed by atoms with Crippen molar-refractivity contribution in [2.45, 2.75) is 40.5 Å². The van der Waals surface area contributed by atoms with E-state index in [4.69, 9.17) is 5.73 Å². The van der Waals surface area contributed by atoms with Crippen molar-refractivity contribution in [1.82, 2.24) is 0 Å². The van der Waals surface area contributed by atoms with Crippen LogP contribution >= 0.6 is 0 Å². The lowest BCUT2D eigenvalue weighted by Crippen LogP contribution is -2.14. The molecule has 0 amide bonds. The van der Waals surface area contributed by atoms with Crippen molar-refractivity contribution >= 4 is 0 Å². The third kappa shape index (κ3) is 6.09. The highest BCUT2D eigenvalue weighted by Crippen LogP contribution is 2.22. The zero-order valence-electron chi connectivity index (χ0n) is 7.78. The molecule has 0 aliphatic carbocycles. The quantitative estimate of drug-likeness (QED) is 0.645. The second-order valence-electron chi connectivity index (χ2n) is 4.44. The molecule has 2 N–H and O–H groups in total. The highest BCUT2D eigenvalue weighted by Gasteiger charge is 2.11. The van der Waals surface area contributed by atoms with Crippen LogP contribution < -0.4 is 5.73 Å². The molecule has 0 aliphatic rings. The largest absolute Gasteiger partial charge is 0.330 e. The lowest BCUT2D eigenvalue weighted by molar-refractivity contribution is 0.333. The second kappa shape index (κ2) is 3.97. The number of rotatable bonds is 3. The fourth-order valence-electron chi connectivity index (χ4n) is 0.797. The van der Waals surface area contributed by atoms with Gasteiger partial charge in [-0.1, -0.05) is 27.7 Å². The number of nitrogens with two attached hydrogens (primary N) is 1. The minimum absolute atomic E-state index is 0.476. The van der Waals surface area contributed by atoms with Gasteiger partial charge < -0.3 is 5.73 Å². The first-order valence-corrected chi connectivity index (χ1v) is 4.16. The SMILES string of the molecule is C[C@@H](CN)CCC(C)(C)C. The summed E-state index contributed by atoms with van der Waals surface area (Å²) < 4.78 is 0. The normalized spacial score (nSPS) is 15.3. The van der Waals surface area contributed by atoms with Crippen LogP contribution in [0.5, 0.6) is 0 Å². The Labute approximate surface area is 65.0 Å². The van der Waals surface area contributed by atoms with Crippen LogP contribution in [-0.2, 0) is 0 Å². The molecule has 0 radical (unpaired) electrons. The monoisotopic (exact) mass is 143 g/mol. The van der Waals surface area contributed by atoms with E-state index in [9.17, 15) is 0 Å². The fourth-order valence-corrected chi connectivity index (χ4v) is 0.797. The lowest BCUT2D eigenvalue weighted by Gasteiger charge is -2.19. The van der Waals surface area contributed by atoms with E-state index in [2.05, 4.69) is 27.7 Å². The average molecular weight is 143 g/mol. The van der Waals surface area contributed by atoms with E-state index in [1.54, 1.807) is 0 Å². The molecule has 1 nitrogen and oxygen atoms in total. The number of hydrogen-bond acceptors (Lipinski definition) is 1. The molecule has 10 heavy (non-hydrogen) atoms. The molecule has 0 bridgehead atoms. The molecule has 0 saturated carbocycles. The van der Waals surface area contributed by atoms with Gasteiger partial charge in [0.25, 0.3) is 0 Å². The average Bonchev–Trinajstić information content (AvgIpc) is 1.81. The zero-order chi connectivity index (χ0) is 8.20. The first kappa shape index (κ1) is 9.96. The second-order valence-corrected chi connectivity index (χ2v) is 4.44. The van der Waals surface area contributed by atoms with Crippen LogP contribution in [0.2, 0.25) is 0 Å². The first-order chi connectivity index (χ1) is 4.45. The summed E-state index contributed by atoms with van der Waals surface area (Å²) in [5, 5.41) is 0. The van der Waals surface area contributed by atoms with Gasteiger partial charge in [0.15, 0.2) is 0 Å². The van der Waals surface area contributed by atoms with Crippen LogP contribution in [0.4, 0.5) is 0 Å².